The first-order valence-corrected chi connectivity index (χ1v) is 7.62. The zero-order valence-electron chi connectivity index (χ0n) is 12.3. The van der Waals surface area contributed by atoms with E-state index < -0.39 is 5.97 Å². The summed E-state index contributed by atoms with van der Waals surface area (Å²) in [5.74, 6) is -0.857. The Labute approximate surface area is 124 Å². The van der Waals surface area contributed by atoms with Crippen molar-refractivity contribution in [1.29, 1.82) is 0 Å². The number of carboxylic acids is 1. The lowest BCUT2D eigenvalue weighted by Crippen LogP contribution is -2.60. The predicted octanol–water partition coefficient (Wildman–Crippen LogP) is 2.29. The molecule has 1 aliphatic carbocycles. The van der Waals surface area contributed by atoms with Crippen molar-refractivity contribution in [1.82, 2.24) is 4.90 Å². The number of amides is 1. The molecular formula is C17H21NO3. The van der Waals surface area contributed by atoms with Gasteiger partial charge in [0.2, 0.25) is 5.91 Å². The standard InChI is InChI=1S/C17H21NO3/c1-12(15(19)20)13-10-18(11-13)16(21)17(8-5-9-17)14-6-3-2-4-7-14/h2-4,6-7,12-13H,5,8-11H2,1H3,(H,19,20). The van der Waals surface area contributed by atoms with E-state index in [9.17, 15) is 9.59 Å². The first-order chi connectivity index (χ1) is 10.0. The van der Waals surface area contributed by atoms with Gasteiger partial charge in [-0.15, -0.1) is 0 Å². The van der Waals surface area contributed by atoms with Crippen LogP contribution < -0.4 is 0 Å². The molecule has 4 nitrogen and oxygen atoms in total. The van der Waals surface area contributed by atoms with Gasteiger partial charge in [-0.1, -0.05) is 43.7 Å². The highest BCUT2D eigenvalue weighted by atomic mass is 16.4. The van der Waals surface area contributed by atoms with Gasteiger partial charge < -0.3 is 10.0 Å². The number of carbonyl (C=O) groups is 2. The summed E-state index contributed by atoms with van der Waals surface area (Å²) in [5, 5.41) is 9.03. The quantitative estimate of drug-likeness (QED) is 0.924. The van der Waals surface area contributed by atoms with Crippen molar-refractivity contribution in [3.8, 4) is 0 Å². The third-order valence-electron chi connectivity index (χ3n) is 5.24. The lowest BCUT2D eigenvalue weighted by Gasteiger charge is -2.49. The summed E-state index contributed by atoms with van der Waals surface area (Å²) in [7, 11) is 0. The Morgan fingerprint density at radius 1 is 1.24 bits per heavy atom. The van der Waals surface area contributed by atoms with E-state index in [4.69, 9.17) is 5.11 Å². The monoisotopic (exact) mass is 287 g/mol. The molecule has 3 rings (SSSR count). The van der Waals surface area contributed by atoms with Crippen LogP contribution in [0.25, 0.3) is 0 Å². The number of rotatable bonds is 4. The van der Waals surface area contributed by atoms with Crippen molar-refractivity contribution in [2.45, 2.75) is 31.6 Å². The second-order valence-electron chi connectivity index (χ2n) is 6.40. The van der Waals surface area contributed by atoms with Crippen LogP contribution in [0.5, 0.6) is 0 Å². The van der Waals surface area contributed by atoms with Crippen molar-refractivity contribution in [2.75, 3.05) is 13.1 Å². The molecule has 1 heterocycles. The van der Waals surface area contributed by atoms with Crippen LogP contribution in [0.3, 0.4) is 0 Å². The van der Waals surface area contributed by atoms with Crippen molar-refractivity contribution in [3.63, 3.8) is 0 Å². The smallest absolute Gasteiger partial charge is 0.306 e. The van der Waals surface area contributed by atoms with Gasteiger partial charge in [0.15, 0.2) is 0 Å². The van der Waals surface area contributed by atoms with Crippen LogP contribution in [0, 0.1) is 11.8 Å². The van der Waals surface area contributed by atoms with Crippen LogP contribution in [-0.2, 0) is 15.0 Å². The fourth-order valence-corrected chi connectivity index (χ4v) is 3.41. The number of carboxylic acid groups (broad SMARTS) is 1. The first-order valence-electron chi connectivity index (χ1n) is 7.62. The molecule has 1 aromatic carbocycles. The molecule has 0 radical (unpaired) electrons. The molecule has 1 saturated heterocycles. The zero-order valence-corrected chi connectivity index (χ0v) is 12.3. The molecule has 2 aliphatic rings. The largest absolute Gasteiger partial charge is 0.481 e. The van der Waals surface area contributed by atoms with Crippen molar-refractivity contribution in [2.24, 2.45) is 11.8 Å². The molecule has 1 saturated carbocycles. The van der Waals surface area contributed by atoms with E-state index >= 15 is 0 Å². The lowest BCUT2D eigenvalue weighted by molar-refractivity contribution is -0.155. The Balaban J connectivity index is 1.70. The summed E-state index contributed by atoms with van der Waals surface area (Å²) in [5.41, 5.74) is 0.759. The molecule has 1 aliphatic heterocycles. The van der Waals surface area contributed by atoms with E-state index in [0.29, 0.717) is 13.1 Å². The summed E-state index contributed by atoms with van der Waals surface area (Å²) in [6.45, 7) is 2.90. The Hall–Kier alpha value is -1.84. The topological polar surface area (TPSA) is 57.6 Å². The zero-order chi connectivity index (χ0) is 15.0. The first kappa shape index (κ1) is 14.1. The SMILES string of the molecule is CC(C(=O)O)C1CN(C(=O)C2(c3ccccc3)CCC2)C1. The van der Waals surface area contributed by atoms with Gasteiger partial charge in [0, 0.05) is 19.0 Å². The highest BCUT2D eigenvalue weighted by Crippen LogP contribution is 2.46. The second kappa shape index (κ2) is 5.17. The normalized spacial score (nSPS) is 22.0. The van der Waals surface area contributed by atoms with E-state index in [2.05, 4.69) is 0 Å². The average Bonchev–Trinajstić information content (AvgIpc) is 2.36. The Kier molecular flexibility index (Phi) is 3.47. The molecule has 0 spiro atoms. The number of benzene rings is 1. The molecule has 1 N–H and O–H groups in total. The molecule has 2 fully saturated rings. The van der Waals surface area contributed by atoms with Gasteiger partial charge in [0.05, 0.1) is 11.3 Å². The molecule has 0 bridgehead atoms. The maximum atomic E-state index is 12.8. The highest BCUT2D eigenvalue weighted by molar-refractivity contribution is 5.90. The van der Waals surface area contributed by atoms with Crippen LogP contribution in [-0.4, -0.2) is 35.0 Å². The Bertz CT molecular complexity index is 544. The van der Waals surface area contributed by atoms with E-state index in [-0.39, 0.29) is 23.2 Å². The minimum atomic E-state index is -0.770. The predicted molar refractivity (Wildman–Crippen MR) is 78.8 cm³/mol. The molecule has 1 unspecified atom stereocenters. The van der Waals surface area contributed by atoms with Crippen molar-refractivity contribution < 1.29 is 14.7 Å². The molecule has 21 heavy (non-hydrogen) atoms. The summed E-state index contributed by atoms with van der Waals surface area (Å²) in [4.78, 5) is 25.7. The number of aliphatic carboxylic acids is 1. The fraction of sp³-hybridized carbons (Fsp3) is 0.529. The summed E-state index contributed by atoms with van der Waals surface area (Å²) < 4.78 is 0. The molecule has 4 heteroatoms. The van der Waals surface area contributed by atoms with Crippen LogP contribution in [0.2, 0.25) is 0 Å². The van der Waals surface area contributed by atoms with E-state index in [1.165, 1.54) is 0 Å². The highest BCUT2D eigenvalue weighted by Gasteiger charge is 2.50. The minimum absolute atomic E-state index is 0.0966. The van der Waals surface area contributed by atoms with Crippen LogP contribution in [0.1, 0.15) is 31.7 Å². The summed E-state index contributed by atoms with van der Waals surface area (Å²) >= 11 is 0. The number of hydrogen-bond acceptors (Lipinski definition) is 2. The van der Waals surface area contributed by atoms with Crippen molar-refractivity contribution in [3.05, 3.63) is 35.9 Å². The minimum Gasteiger partial charge on any atom is -0.481 e. The number of likely N-dealkylation sites (tertiary alicyclic amines) is 1. The van der Waals surface area contributed by atoms with Gasteiger partial charge in [0.25, 0.3) is 0 Å². The van der Waals surface area contributed by atoms with Gasteiger partial charge in [-0.2, -0.15) is 0 Å². The fourth-order valence-electron chi connectivity index (χ4n) is 3.41. The average molecular weight is 287 g/mol. The van der Waals surface area contributed by atoms with Gasteiger partial charge >= 0.3 is 5.97 Å². The third kappa shape index (κ3) is 2.23. The molecule has 1 amide bonds. The second-order valence-corrected chi connectivity index (χ2v) is 6.40. The number of nitrogens with zero attached hydrogens (tertiary/aromatic N) is 1. The Morgan fingerprint density at radius 2 is 1.86 bits per heavy atom. The van der Waals surface area contributed by atoms with E-state index in [0.717, 1.165) is 24.8 Å². The van der Waals surface area contributed by atoms with Gasteiger partial charge in [-0.3, -0.25) is 9.59 Å². The molecular weight excluding hydrogens is 266 g/mol. The molecule has 112 valence electrons. The van der Waals surface area contributed by atoms with Crippen LogP contribution in [0.15, 0.2) is 30.3 Å². The molecule has 1 aromatic rings. The number of hydrogen-bond donors (Lipinski definition) is 1. The summed E-state index contributed by atoms with van der Waals surface area (Å²) in [6.07, 6.45) is 2.90. The van der Waals surface area contributed by atoms with Crippen molar-refractivity contribution >= 4 is 11.9 Å². The van der Waals surface area contributed by atoms with Crippen LogP contribution >= 0.6 is 0 Å². The summed E-state index contributed by atoms with van der Waals surface area (Å²) in [6, 6.07) is 10.00. The van der Waals surface area contributed by atoms with Gasteiger partial charge in [-0.05, 0) is 18.4 Å². The molecule has 1 atom stereocenters. The lowest BCUT2D eigenvalue weighted by atomic mass is 9.63. The van der Waals surface area contributed by atoms with E-state index in [1.54, 1.807) is 6.92 Å². The third-order valence-corrected chi connectivity index (χ3v) is 5.24. The maximum absolute atomic E-state index is 12.8. The molecule has 0 aromatic heterocycles. The van der Waals surface area contributed by atoms with Crippen LogP contribution in [0.4, 0.5) is 0 Å². The Morgan fingerprint density at radius 3 is 2.33 bits per heavy atom. The van der Waals surface area contributed by atoms with Gasteiger partial charge in [-0.25, -0.2) is 0 Å². The van der Waals surface area contributed by atoms with E-state index in [1.807, 2.05) is 35.2 Å². The maximum Gasteiger partial charge on any atom is 0.306 e. The van der Waals surface area contributed by atoms with Gasteiger partial charge in [0.1, 0.15) is 0 Å². The number of carbonyl (C=O) groups excluding carboxylic acids is 1.